The highest BCUT2D eigenvalue weighted by molar-refractivity contribution is 7.94. The summed E-state index contributed by atoms with van der Waals surface area (Å²) >= 11 is 0. The molecule has 2 heterocycles. The van der Waals surface area contributed by atoms with Crippen LogP contribution >= 0.6 is 0 Å². The molecule has 2 aromatic rings. The van der Waals surface area contributed by atoms with E-state index in [1.54, 1.807) is 12.1 Å². The lowest BCUT2D eigenvalue weighted by Gasteiger charge is -2.21. The van der Waals surface area contributed by atoms with Gasteiger partial charge in [0, 0.05) is 19.1 Å². The van der Waals surface area contributed by atoms with Gasteiger partial charge in [0.05, 0.1) is 17.9 Å². The van der Waals surface area contributed by atoms with Gasteiger partial charge in [0.1, 0.15) is 0 Å². The number of anilines is 2. The van der Waals surface area contributed by atoms with Crippen molar-refractivity contribution in [2.75, 3.05) is 28.5 Å². The number of hydrogen-bond donors (Lipinski definition) is 2. The topological polar surface area (TPSA) is 100 Å². The summed E-state index contributed by atoms with van der Waals surface area (Å²) in [4.78, 5) is 12.2. The number of urea groups is 1. The van der Waals surface area contributed by atoms with E-state index in [1.807, 2.05) is 30.3 Å². The van der Waals surface area contributed by atoms with E-state index in [0.29, 0.717) is 29.4 Å². The smallest absolute Gasteiger partial charge is 0.326 e. The fraction of sp³-hybridized carbons (Fsp3) is 0.350. The Hall–Kier alpha value is -3.14. The fourth-order valence-corrected chi connectivity index (χ4v) is 5.64. The van der Waals surface area contributed by atoms with E-state index in [2.05, 4.69) is 10.6 Å². The van der Waals surface area contributed by atoms with Crippen molar-refractivity contribution in [2.24, 2.45) is 0 Å². The number of para-hydroxylation sites is 2. The fourth-order valence-electron chi connectivity index (χ4n) is 3.71. The number of carbonyl (C=O) groups excluding carboxylic acids is 1. The first-order valence-electron chi connectivity index (χ1n) is 9.85. The standard InChI is InChI=1S/C20H22N4O5S/c25-20(22-12-14-5-8-18-19(11-14)29-13-28-18)21-9-10-23-16-3-1-2-4-17(16)24(15-6-7-15)30(23,26)27/h1-5,8,11,15H,6-7,9-10,12-13H2,(H2,21,22,25). The van der Waals surface area contributed by atoms with Crippen molar-refractivity contribution >= 4 is 27.6 Å². The number of benzene rings is 2. The van der Waals surface area contributed by atoms with Crippen LogP contribution in [0.3, 0.4) is 0 Å². The number of nitrogens with one attached hydrogen (secondary N) is 2. The Labute approximate surface area is 174 Å². The van der Waals surface area contributed by atoms with Crippen LogP contribution in [0.1, 0.15) is 18.4 Å². The maximum Gasteiger partial charge on any atom is 0.326 e. The molecule has 158 valence electrons. The quantitative estimate of drug-likeness (QED) is 0.730. The van der Waals surface area contributed by atoms with E-state index in [4.69, 9.17) is 9.47 Å². The number of fused-ring (bicyclic) bond motifs is 2. The highest BCUT2D eigenvalue weighted by Gasteiger charge is 2.47. The summed E-state index contributed by atoms with van der Waals surface area (Å²) < 4.78 is 39.5. The molecule has 2 aromatic carbocycles. The first-order valence-corrected chi connectivity index (χ1v) is 11.2. The average molecular weight is 430 g/mol. The Kier molecular flexibility index (Phi) is 4.58. The van der Waals surface area contributed by atoms with Crippen LogP contribution in [0.15, 0.2) is 42.5 Å². The molecule has 0 aromatic heterocycles. The van der Waals surface area contributed by atoms with Crippen molar-refractivity contribution in [1.82, 2.24) is 10.6 Å². The summed E-state index contributed by atoms with van der Waals surface area (Å²) in [5.41, 5.74) is 2.25. The average Bonchev–Trinajstić information content (AvgIpc) is 3.39. The second-order valence-corrected chi connectivity index (χ2v) is 9.12. The van der Waals surface area contributed by atoms with Gasteiger partial charge in [-0.3, -0.25) is 0 Å². The molecule has 0 radical (unpaired) electrons. The van der Waals surface area contributed by atoms with Gasteiger partial charge in [-0.15, -0.1) is 0 Å². The molecule has 5 rings (SSSR count). The second kappa shape index (κ2) is 7.28. The van der Waals surface area contributed by atoms with Crippen LogP contribution in [0.25, 0.3) is 0 Å². The van der Waals surface area contributed by atoms with Crippen molar-refractivity contribution in [2.45, 2.75) is 25.4 Å². The summed E-state index contributed by atoms with van der Waals surface area (Å²) in [6.07, 6.45) is 1.75. The number of amides is 2. The summed E-state index contributed by atoms with van der Waals surface area (Å²) in [6.45, 7) is 0.884. The minimum atomic E-state index is -3.61. The lowest BCUT2D eigenvalue weighted by Crippen LogP contribution is -2.44. The van der Waals surface area contributed by atoms with Crippen molar-refractivity contribution in [3.63, 3.8) is 0 Å². The maximum atomic E-state index is 13.0. The monoisotopic (exact) mass is 430 g/mol. The van der Waals surface area contributed by atoms with Gasteiger partial charge in [0.25, 0.3) is 0 Å². The third kappa shape index (κ3) is 3.36. The molecule has 0 bridgehead atoms. The molecule has 0 unspecified atom stereocenters. The summed E-state index contributed by atoms with van der Waals surface area (Å²) in [5, 5.41) is 5.50. The first-order chi connectivity index (χ1) is 14.5. The minimum absolute atomic E-state index is 0.0408. The normalized spacial score (nSPS) is 18.3. The Bertz CT molecular complexity index is 1090. The summed E-state index contributed by atoms with van der Waals surface area (Å²) in [7, 11) is -3.61. The third-order valence-corrected chi connectivity index (χ3v) is 7.21. The maximum absolute atomic E-state index is 13.0. The molecule has 30 heavy (non-hydrogen) atoms. The molecule has 1 aliphatic carbocycles. The van der Waals surface area contributed by atoms with Gasteiger partial charge in [0.15, 0.2) is 11.5 Å². The molecule has 2 amide bonds. The summed E-state index contributed by atoms with van der Waals surface area (Å²) in [5.74, 6) is 1.35. The Morgan fingerprint density at radius 3 is 2.60 bits per heavy atom. The SMILES string of the molecule is O=C(NCCN1c2ccccc2N(C2CC2)S1(=O)=O)NCc1ccc2c(c1)OCO2. The van der Waals surface area contributed by atoms with Crippen molar-refractivity contribution in [1.29, 1.82) is 0 Å². The van der Waals surface area contributed by atoms with Gasteiger partial charge < -0.3 is 20.1 Å². The zero-order valence-electron chi connectivity index (χ0n) is 16.2. The largest absolute Gasteiger partial charge is 0.454 e. The van der Waals surface area contributed by atoms with E-state index in [-0.39, 0.29) is 32.0 Å². The molecule has 9 nitrogen and oxygen atoms in total. The zero-order valence-corrected chi connectivity index (χ0v) is 17.0. The van der Waals surface area contributed by atoms with Crippen LogP contribution in [0.4, 0.5) is 16.2 Å². The third-order valence-electron chi connectivity index (χ3n) is 5.28. The van der Waals surface area contributed by atoms with Gasteiger partial charge in [-0.25, -0.2) is 13.4 Å². The van der Waals surface area contributed by atoms with Gasteiger partial charge in [-0.1, -0.05) is 18.2 Å². The number of ether oxygens (including phenoxy) is 2. The highest BCUT2D eigenvalue weighted by atomic mass is 32.2. The van der Waals surface area contributed by atoms with E-state index < -0.39 is 10.2 Å². The van der Waals surface area contributed by atoms with Gasteiger partial charge in [-0.2, -0.15) is 8.42 Å². The number of carbonyl (C=O) groups is 1. The molecule has 1 saturated carbocycles. The van der Waals surface area contributed by atoms with E-state index in [1.165, 1.54) is 8.61 Å². The molecule has 0 saturated heterocycles. The van der Waals surface area contributed by atoms with E-state index in [0.717, 1.165) is 18.4 Å². The van der Waals surface area contributed by atoms with Crippen LogP contribution in [0, 0.1) is 0 Å². The van der Waals surface area contributed by atoms with E-state index >= 15 is 0 Å². The Morgan fingerprint density at radius 2 is 1.80 bits per heavy atom. The van der Waals surface area contributed by atoms with Crippen molar-refractivity contribution in [3.8, 4) is 11.5 Å². The molecular weight excluding hydrogens is 408 g/mol. The van der Waals surface area contributed by atoms with Crippen molar-refractivity contribution < 1.29 is 22.7 Å². The van der Waals surface area contributed by atoms with Crippen LogP contribution < -0.4 is 28.7 Å². The van der Waals surface area contributed by atoms with Gasteiger partial charge in [-0.05, 0) is 42.7 Å². The molecule has 0 atom stereocenters. The van der Waals surface area contributed by atoms with Crippen LogP contribution in [-0.2, 0) is 16.8 Å². The Balaban J connectivity index is 1.17. The van der Waals surface area contributed by atoms with E-state index in [9.17, 15) is 13.2 Å². The van der Waals surface area contributed by atoms with Crippen LogP contribution in [0.5, 0.6) is 11.5 Å². The first kappa shape index (κ1) is 18.9. The molecule has 3 aliphatic rings. The number of rotatable bonds is 6. The molecule has 2 N–H and O–H groups in total. The van der Waals surface area contributed by atoms with Crippen LogP contribution in [-0.4, -0.2) is 40.4 Å². The molecule has 0 spiro atoms. The molecular formula is C20H22N4O5S. The lowest BCUT2D eigenvalue weighted by atomic mass is 10.2. The van der Waals surface area contributed by atoms with Gasteiger partial charge >= 0.3 is 16.2 Å². The second-order valence-electron chi connectivity index (χ2n) is 7.39. The predicted octanol–water partition coefficient (Wildman–Crippen LogP) is 1.95. The van der Waals surface area contributed by atoms with Crippen LogP contribution in [0.2, 0.25) is 0 Å². The predicted molar refractivity (Wildman–Crippen MR) is 111 cm³/mol. The molecule has 2 aliphatic heterocycles. The lowest BCUT2D eigenvalue weighted by molar-refractivity contribution is 0.174. The highest BCUT2D eigenvalue weighted by Crippen LogP contribution is 2.46. The molecule has 1 fully saturated rings. The Morgan fingerprint density at radius 1 is 1.03 bits per heavy atom. The molecule has 10 heteroatoms. The minimum Gasteiger partial charge on any atom is -0.454 e. The number of hydrogen-bond acceptors (Lipinski definition) is 5. The summed E-state index contributed by atoms with van der Waals surface area (Å²) in [6, 6.07) is 12.5. The zero-order chi connectivity index (χ0) is 20.7. The van der Waals surface area contributed by atoms with Crippen molar-refractivity contribution in [3.05, 3.63) is 48.0 Å². The number of nitrogens with zero attached hydrogens (tertiary/aromatic N) is 2. The van der Waals surface area contributed by atoms with Gasteiger partial charge in [0.2, 0.25) is 6.79 Å².